The first-order valence-electron chi connectivity index (χ1n) is 8.46. The molecule has 1 heterocycles. The lowest BCUT2D eigenvalue weighted by molar-refractivity contribution is 0.0666. The number of rotatable bonds is 4. The molecule has 4 nitrogen and oxygen atoms in total. The zero-order valence-electron chi connectivity index (χ0n) is 14.4. The number of aliphatic hydroxyl groups is 1. The average Bonchev–Trinajstić information content (AvgIpc) is 3.05. The predicted octanol–water partition coefficient (Wildman–Crippen LogP) is 3.73. The van der Waals surface area contributed by atoms with Gasteiger partial charge in [-0.25, -0.2) is 0 Å². The molecule has 1 saturated heterocycles. The molecular formula is C20H25ClN2O2. The number of nitrogens with zero attached hydrogens (tertiary/aromatic N) is 1. The van der Waals surface area contributed by atoms with E-state index in [1.54, 1.807) is 6.07 Å². The summed E-state index contributed by atoms with van der Waals surface area (Å²) in [4.78, 5) is 14.8. The fraction of sp³-hybridized carbons (Fsp3) is 0.350. The number of halogens is 1. The Balaban J connectivity index is 0.00000225. The third-order valence-corrected chi connectivity index (χ3v) is 4.81. The molecule has 1 aliphatic rings. The van der Waals surface area contributed by atoms with Gasteiger partial charge in [0.25, 0.3) is 5.91 Å². The van der Waals surface area contributed by atoms with Crippen LogP contribution >= 0.6 is 12.4 Å². The molecule has 1 aliphatic heterocycles. The number of benzene rings is 2. The summed E-state index contributed by atoms with van der Waals surface area (Å²) >= 11 is 0. The van der Waals surface area contributed by atoms with Gasteiger partial charge >= 0.3 is 0 Å². The Kier molecular flexibility index (Phi) is 6.45. The Hall–Kier alpha value is -2.04. The number of amides is 1. The number of nitrogens with two attached hydrogens (primary N) is 1. The fourth-order valence-corrected chi connectivity index (χ4v) is 3.44. The van der Waals surface area contributed by atoms with E-state index in [1.165, 1.54) is 0 Å². The second-order valence-corrected chi connectivity index (χ2v) is 6.53. The van der Waals surface area contributed by atoms with Crippen molar-refractivity contribution in [1.82, 2.24) is 4.90 Å². The van der Waals surface area contributed by atoms with Crippen LogP contribution < -0.4 is 5.73 Å². The topological polar surface area (TPSA) is 66.6 Å². The lowest BCUT2D eigenvalue weighted by Gasteiger charge is -2.27. The van der Waals surface area contributed by atoms with E-state index in [1.807, 2.05) is 54.3 Å². The first-order valence-corrected chi connectivity index (χ1v) is 8.46. The smallest absolute Gasteiger partial charge is 0.254 e. The summed E-state index contributed by atoms with van der Waals surface area (Å²) in [5.41, 5.74) is 8.94. The highest BCUT2D eigenvalue weighted by molar-refractivity contribution is 5.96. The van der Waals surface area contributed by atoms with E-state index >= 15 is 0 Å². The van der Waals surface area contributed by atoms with Crippen molar-refractivity contribution in [2.45, 2.75) is 38.3 Å². The maximum Gasteiger partial charge on any atom is 0.254 e. The molecule has 1 fully saturated rings. The molecule has 2 unspecified atom stereocenters. The van der Waals surface area contributed by atoms with Gasteiger partial charge in [0.15, 0.2) is 0 Å². The molecule has 5 heteroatoms. The largest absolute Gasteiger partial charge is 0.399 e. The molecule has 3 rings (SSSR count). The molecule has 0 saturated carbocycles. The van der Waals surface area contributed by atoms with E-state index in [-0.39, 0.29) is 24.4 Å². The number of hydrogen-bond donors (Lipinski definition) is 2. The minimum atomic E-state index is -0.550. The zero-order chi connectivity index (χ0) is 17.1. The fourth-order valence-electron chi connectivity index (χ4n) is 3.44. The Morgan fingerprint density at radius 1 is 1.28 bits per heavy atom. The minimum absolute atomic E-state index is 0. The molecule has 0 spiro atoms. The maximum atomic E-state index is 12.9. The van der Waals surface area contributed by atoms with Crippen molar-refractivity contribution in [3.63, 3.8) is 0 Å². The SMILES string of the molecule is Cc1ccc(N)cc1C(=O)N1CCCC1CC(O)c1ccccc1.Cl. The third kappa shape index (κ3) is 4.33. The number of nitrogen functional groups attached to an aromatic ring is 1. The highest BCUT2D eigenvalue weighted by Crippen LogP contribution is 2.29. The van der Waals surface area contributed by atoms with Gasteiger partial charge in [-0.2, -0.15) is 0 Å². The van der Waals surface area contributed by atoms with Crippen LogP contribution in [0.2, 0.25) is 0 Å². The van der Waals surface area contributed by atoms with Crippen molar-refractivity contribution in [3.05, 3.63) is 65.2 Å². The zero-order valence-corrected chi connectivity index (χ0v) is 15.2. The molecular weight excluding hydrogens is 336 g/mol. The highest BCUT2D eigenvalue weighted by Gasteiger charge is 2.31. The highest BCUT2D eigenvalue weighted by atomic mass is 35.5. The van der Waals surface area contributed by atoms with Crippen LogP contribution in [-0.2, 0) is 0 Å². The summed E-state index contributed by atoms with van der Waals surface area (Å²) in [7, 11) is 0. The van der Waals surface area contributed by atoms with Crippen molar-refractivity contribution in [2.75, 3.05) is 12.3 Å². The van der Waals surface area contributed by atoms with Gasteiger partial charge in [-0.1, -0.05) is 36.4 Å². The monoisotopic (exact) mass is 360 g/mol. The van der Waals surface area contributed by atoms with Crippen LogP contribution in [0.15, 0.2) is 48.5 Å². The van der Waals surface area contributed by atoms with Gasteiger partial charge in [0.2, 0.25) is 0 Å². The summed E-state index contributed by atoms with van der Waals surface area (Å²) in [6.45, 7) is 2.66. The van der Waals surface area contributed by atoms with Crippen molar-refractivity contribution in [1.29, 1.82) is 0 Å². The first-order chi connectivity index (χ1) is 11.6. The molecule has 1 amide bonds. The number of aliphatic hydroxyl groups excluding tert-OH is 1. The Labute approximate surface area is 155 Å². The Bertz CT molecular complexity index is 721. The predicted molar refractivity (Wildman–Crippen MR) is 103 cm³/mol. The molecule has 2 aromatic carbocycles. The Morgan fingerprint density at radius 3 is 2.72 bits per heavy atom. The van der Waals surface area contributed by atoms with Crippen LogP contribution in [0.3, 0.4) is 0 Å². The third-order valence-electron chi connectivity index (χ3n) is 4.81. The van der Waals surface area contributed by atoms with Crippen LogP contribution in [0, 0.1) is 6.92 Å². The molecule has 2 aromatic rings. The molecule has 25 heavy (non-hydrogen) atoms. The molecule has 0 bridgehead atoms. The summed E-state index contributed by atoms with van der Waals surface area (Å²) in [5.74, 6) is 0.0163. The van der Waals surface area contributed by atoms with E-state index in [9.17, 15) is 9.90 Å². The van der Waals surface area contributed by atoms with E-state index in [4.69, 9.17) is 5.73 Å². The molecule has 0 radical (unpaired) electrons. The number of aryl methyl sites for hydroxylation is 1. The van der Waals surface area contributed by atoms with Gasteiger partial charge in [-0.05, 0) is 49.4 Å². The van der Waals surface area contributed by atoms with Crippen LogP contribution in [-0.4, -0.2) is 28.5 Å². The lowest BCUT2D eigenvalue weighted by Crippen LogP contribution is -2.36. The van der Waals surface area contributed by atoms with Gasteiger partial charge in [-0.15, -0.1) is 12.4 Å². The summed E-state index contributed by atoms with van der Waals surface area (Å²) in [6.07, 6.45) is 1.92. The molecule has 134 valence electrons. The van der Waals surface area contributed by atoms with E-state index in [2.05, 4.69) is 0 Å². The van der Waals surface area contributed by atoms with Gasteiger partial charge < -0.3 is 15.7 Å². The van der Waals surface area contributed by atoms with Crippen molar-refractivity contribution < 1.29 is 9.90 Å². The average molecular weight is 361 g/mol. The quantitative estimate of drug-likeness (QED) is 0.816. The number of anilines is 1. The summed E-state index contributed by atoms with van der Waals surface area (Å²) < 4.78 is 0. The van der Waals surface area contributed by atoms with Gasteiger partial charge in [0.05, 0.1) is 6.10 Å². The van der Waals surface area contributed by atoms with E-state index in [0.29, 0.717) is 17.7 Å². The van der Waals surface area contributed by atoms with Gasteiger partial charge in [-0.3, -0.25) is 4.79 Å². The second kappa shape index (κ2) is 8.37. The first kappa shape index (κ1) is 19.3. The van der Waals surface area contributed by atoms with Crippen LogP contribution in [0.4, 0.5) is 5.69 Å². The number of carbonyl (C=O) groups excluding carboxylic acids is 1. The number of likely N-dealkylation sites (tertiary alicyclic amines) is 1. The van der Waals surface area contributed by atoms with Crippen molar-refractivity contribution in [2.24, 2.45) is 0 Å². The molecule has 0 aromatic heterocycles. The normalized spacial score (nSPS) is 17.8. The number of carbonyl (C=O) groups is 1. The van der Waals surface area contributed by atoms with Gasteiger partial charge in [0.1, 0.15) is 0 Å². The van der Waals surface area contributed by atoms with Crippen molar-refractivity contribution >= 4 is 24.0 Å². The number of hydrogen-bond acceptors (Lipinski definition) is 3. The molecule has 3 N–H and O–H groups in total. The standard InChI is InChI=1S/C20H24N2O2.ClH/c1-14-9-10-16(21)12-18(14)20(24)22-11-5-8-17(22)13-19(23)15-6-3-2-4-7-15;/h2-4,6-7,9-10,12,17,19,23H,5,8,11,13,21H2,1H3;1H. The Morgan fingerprint density at radius 2 is 2.00 bits per heavy atom. The lowest BCUT2D eigenvalue weighted by atomic mass is 9.99. The summed E-state index contributed by atoms with van der Waals surface area (Å²) in [6, 6.07) is 15.1. The minimum Gasteiger partial charge on any atom is -0.399 e. The summed E-state index contributed by atoms with van der Waals surface area (Å²) in [5, 5.41) is 10.5. The van der Waals surface area contributed by atoms with Gasteiger partial charge in [0, 0.05) is 23.8 Å². The second-order valence-electron chi connectivity index (χ2n) is 6.53. The molecule has 0 aliphatic carbocycles. The molecule has 2 atom stereocenters. The van der Waals surface area contributed by atoms with Crippen LogP contribution in [0.1, 0.15) is 46.9 Å². The van der Waals surface area contributed by atoms with E-state index < -0.39 is 6.10 Å². The van der Waals surface area contributed by atoms with Crippen molar-refractivity contribution in [3.8, 4) is 0 Å². The van der Waals surface area contributed by atoms with E-state index in [0.717, 1.165) is 30.5 Å². The van der Waals surface area contributed by atoms with Crippen LogP contribution in [0.5, 0.6) is 0 Å². The maximum absolute atomic E-state index is 12.9. The van der Waals surface area contributed by atoms with Crippen LogP contribution in [0.25, 0.3) is 0 Å².